The fourth-order valence-corrected chi connectivity index (χ4v) is 1.99. The Morgan fingerprint density at radius 1 is 1.00 bits per heavy atom. The normalized spacial score (nSPS) is 13.4. The zero-order valence-electron chi connectivity index (χ0n) is 11.7. The quantitative estimate of drug-likeness (QED) is 0.792. The summed E-state index contributed by atoms with van der Waals surface area (Å²) in [4.78, 5) is 11.8. The van der Waals surface area contributed by atoms with Crippen LogP contribution in [0.15, 0.2) is 60.7 Å². The highest BCUT2D eigenvalue weighted by atomic mass is 16.5. The Hall–Kier alpha value is -2.17. The molecule has 2 aromatic rings. The van der Waals surface area contributed by atoms with E-state index in [1.54, 1.807) is 0 Å². The van der Waals surface area contributed by atoms with Gasteiger partial charge in [0.2, 0.25) is 0 Å². The highest BCUT2D eigenvalue weighted by Gasteiger charge is 2.24. The number of ether oxygens (including phenoxy) is 1. The van der Waals surface area contributed by atoms with E-state index in [2.05, 4.69) is 0 Å². The van der Waals surface area contributed by atoms with Crippen LogP contribution in [0, 0.1) is 0 Å². The summed E-state index contributed by atoms with van der Waals surface area (Å²) in [6.45, 7) is 0.134. The Morgan fingerprint density at radius 2 is 1.52 bits per heavy atom. The third kappa shape index (κ3) is 4.70. The van der Waals surface area contributed by atoms with Gasteiger partial charge in [-0.05, 0) is 17.5 Å². The molecule has 0 fully saturated rings. The predicted octanol–water partition coefficient (Wildman–Crippen LogP) is 1.66. The Bertz CT molecular complexity index is 557. The van der Waals surface area contributed by atoms with Gasteiger partial charge in [-0.1, -0.05) is 60.7 Å². The second kappa shape index (κ2) is 7.57. The van der Waals surface area contributed by atoms with E-state index < -0.39 is 18.1 Å². The average molecular weight is 285 g/mol. The molecule has 0 aromatic heterocycles. The second-order valence-electron chi connectivity index (χ2n) is 4.89. The van der Waals surface area contributed by atoms with Gasteiger partial charge in [0, 0.05) is 6.04 Å². The van der Waals surface area contributed by atoms with Crippen molar-refractivity contribution in [1.82, 2.24) is 0 Å². The number of carbonyl (C=O) groups excluding carboxylic acids is 1. The van der Waals surface area contributed by atoms with Gasteiger partial charge in [-0.3, -0.25) is 0 Å². The number of hydrogen-bond acceptors (Lipinski definition) is 4. The number of rotatable bonds is 6. The van der Waals surface area contributed by atoms with Crippen LogP contribution >= 0.6 is 0 Å². The molecule has 0 saturated carbocycles. The van der Waals surface area contributed by atoms with Gasteiger partial charge in [-0.15, -0.1) is 0 Å². The first-order valence-electron chi connectivity index (χ1n) is 6.85. The molecule has 0 aliphatic rings. The molecule has 0 aliphatic carbocycles. The summed E-state index contributed by atoms with van der Waals surface area (Å²) < 4.78 is 5.08. The summed E-state index contributed by atoms with van der Waals surface area (Å²) >= 11 is 0. The van der Waals surface area contributed by atoms with Crippen LogP contribution in [0.1, 0.15) is 11.1 Å². The molecule has 0 bridgehead atoms. The van der Waals surface area contributed by atoms with Crippen molar-refractivity contribution in [2.75, 3.05) is 0 Å². The summed E-state index contributed by atoms with van der Waals surface area (Å²) in [7, 11) is 0. The maximum absolute atomic E-state index is 11.8. The third-order valence-electron chi connectivity index (χ3n) is 3.19. The van der Waals surface area contributed by atoms with Crippen LogP contribution in [0.3, 0.4) is 0 Å². The van der Waals surface area contributed by atoms with Crippen molar-refractivity contribution in [3.8, 4) is 0 Å². The van der Waals surface area contributed by atoms with Crippen molar-refractivity contribution < 1.29 is 14.6 Å². The highest BCUT2D eigenvalue weighted by Crippen LogP contribution is 2.07. The summed E-state index contributed by atoms with van der Waals surface area (Å²) in [5, 5.41) is 9.93. The number of nitrogens with two attached hydrogens (primary N) is 1. The van der Waals surface area contributed by atoms with Gasteiger partial charge in [0.05, 0.1) is 0 Å². The Balaban J connectivity index is 1.84. The number of aliphatic hydroxyl groups excluding tert-OH is 1. The van der Waals surface area contributed by atoms with Crippen molar-refractivity contribution in [2.24, 2.45) is 5.73 Å². The van der Waals surface area contributed by atoms with E-state index >= 15 is 0 Å². The monoisotopic (exact) mass is 285 g/mol. The van der Waals surface area contributed by atoms with Gasteiger partial charge < -0.3 is 15.6 Å². The molecule has 0 aliphatic heterocycles. The fraction of sp³-hybridized carbons (Fsp3) is 0.235. The molecule has 1 unspecified atom stereocenters. The molecule has 2 atom stereocenters. The molecular weight excluding hydrogens is 266 g/mol. The summed E-state index contributed by atoms with van der Waals surface area (Å²) in [5.74, 6) is -0.692. The predicted molar refractivity (Wildman–Crippen MR) is 80.4 cm³/mol. The number of aliphatic hydroxyl groups is 1. The molecule has 110 valence electrons. The molecule has 0 spiro atoms. The van der Waals surface area contributed by atoms with Crippen molar-refractivity contribution in [1.29, 1.82) is 0 Å². The van der Waals surface area contributed by atoms with Crippen LogP contribution in [-0.4, -0.2) is 23.2 Å². The lowest BCUT2D eigenvalue weighted by Gasteiger charge is -2.17. The van der Waals surface area contributed by atoms with Crippen molar-refractivity contribution in [3.05, 3.63) is 71.8 Å². The molecule has 0 heterocycles. The van der Waals surface area contributed by atoms with Crippen LogP contribution < -0.4 is 5.73 Å². The molecule has 3 N–H and O–H groups in total. The lowest BCUT2D eigenvalue weighted by molar-refractivity contribution is -0.156. The molecule has 0 amide bonds. The van der Waals surface area contributed by atoms with Gasteiger partial charge in [-0.2, -0.15) is 0 Å². The van der Waals surface area contributed by atoms with Gasteiger partial charge >= 0.3 is 5.97 Å². The Morgan fingerprint density at radius 3 is 2.10 bits per heavy atom. The van der Waals surface area contributed by atoms with Gasteiger partial charge in [0.1, 0.15) is 6.61 Å². The molecule has 21 heavy (non-hydrogen) atoms. The van der Waals surface area contributed by atoms with Crippen molar-refractivity contribution >= 4 is 5.97 Å². The molecule has 0 radical (unpaired) electrons. The minimum Gasteiger partial charge on any atom is -0.459 e. The summed E-state index contributed by atoms with van der Waals surface area (Å²) in [6, 6.07) is 18.1. The van der Waals surface area contributed by atoms with E-state index in [9.17, 15) is 9.90 Å². The standard InChI is InChI=1S/C17H19NO3/c18-15(11-13-7-3-1-4-8-13)16(19)17(20)21-12-14-9-5-2-6-10-14/h1-10,15-16,19H,11-12,18H2/t15?,16-/m1/s1. The lowest BCUT2D eigenvalue weighted by Crippen LogP contribution is -2.42. The van der Waals surface area contributed by atoms with Crippen LogP contribution in [-0.2, 0) is 22.6 Å². The molecule has 2 aromatic carbocycles. The Labute approximate surface area is 124 Å². The largest absolute Gasteiger partial charge is 0.459 e. The summed E-state index contributed by atoms with van der Waals surface area (Å²) in [5.41, 5.74) is 7.71. The fourth-order valence-electron chi connectivity index (χ4n) is 1.99. The van der Waals surface area contributed by atoms with E-state index in [1.165, 1.54) is 0 Å². The number of benzene rings is 2. The summed E-state index contributed by atoms with van der Waals surface area (Å²) in [6.07, 6.45) is -0.906. The third-order valence-corrected chi connectivity index (χ3v) is 3.19. The number of esters is 1. The zero-order valence-corrected chi connectivity index (χ0v) is 11.7. The molecule has 4 nitrogen and oxygen atoms in total. The van der Waals surface area contributed by atoms with Crippen molar-refractivity contribution in [2.45, 2.75) is 25.2 Å². The van der Waals surface area contributed by atoms with Crippen LogP contribution in [0.5, 0.6) is 0 Å². The first-order valence-corrected chi connectivity index (χ1v) is 6.85. The van der Waals surface area contributed by atoms with Crippen LogP contribution in [0.25, 0.3) is 0 Å². The lowest BCUT2D eigenvalue weighted by atomic mass is 10.0. The smallest absolute Gasteiger partial charge is 0.336 e. The maximum atomic E-state index is 11.8. The Kier molecular flexibility index (Phi) is 5.49. The van der Waals surface area contributed by atoms with Crippen LogP contribution in [0.4, 0.5) is 0 Å². The first kappa shape index (κ1) is 15.2. The topological polar surface area (TPSA) is 72.5 Å². The molecular formula is C17H19NO3. The van der Waals surface area contributed by atoms with Gasteiger partial charge in [0.25, 0.3) is 0 Å². The molecule has 4 heteroatoms. The minimum absolute atomic E-state index is 0.134. The van der Waals surface area contributed by atoms with Gasteiger partial charge in [-0.25, -0.2) is 4.79 Å². The van der Waals surface area contributed by atoms with E-state index in [4.69, 9.17) is 10.5 Å². The van der Waals surface area contributed by atoms with E-state index in [0.29, 0.717) is 6.42 Å². The van der Waals surface area contributed by atoms with E-state index in [1.807, 2.05) is 60.7 Å². The SMILES string of the molecule is NC(Cc1ccccc1)[C@@H](O)C(=O)OCc1ccccc1. The average Bonchev–Trinajstić information content (AvgIpc) is 2.53. The van der Waals surface area contributed by atoms with Crippen molar-refractivity contribution in [3.63, 3.8) is 0 Å². The molecule has 0 saturated heterocycles. The van der Waals surface area contributed by atoms with E-state index in [0.717, 1.165) is 11.1 Å². The maximum Gasteiger partial charge on any atom is 0.336 e. The molecule has 2 rings (SSSR count). The number of hydrogen-bond donors (Lipinski definition) is 2. The second-order valence-corrected chi connectivity index (χ2v) is 4.89. The van der Waals surface area contributed by atoms with E-state index in [-0.39, 0.29) is 6.61 Å². The minimum atomic E-state index is -1.33. The zero-order chi connectivity index (χ0) is 15.1. The van der Waals surface area contributed by atoms with Crippen LogP contribution in [0.2, 0.25) is 0 Å². The van der Waals surface area contributed by atoms with Gasteiger partial charge in [0.15, 0.2) is 6.10 Å². The first-order chi connectivity index (χ1) is 10.2. The highest BCUT2D eigenvalue weighted by molar-refractivity contribution is 5.75. The number of carbonyl (C=O) groups is 1.